The number of ether oxygens (including phenoxy) is 2. The molecule has 0 unspecified atom stereocenters. The Labute approximate surface area is 261 Å². The summed E-state index contributed by atoms with van der Waals surface area (Å²) in [6, 6.07) is 0. The molecule has 0 aliphatic carbocycles. The van der Waals surface area contributed by atoms with Crippen LogP contribution in [0.3, 0.4) is 0 Å². The molecule has 0 fully saturated rings. The summed E-state index contributed by atoms with van der Waals surface area (Å²) in [5, 5.41) is 9.43. The number of unbranched alkanes of at least 4 members (excludes halogenated alkanes) is 20. The van der Waals surface area contributed by atoms with E-state index in [2.05, 4.69) is 18.7 Å². The summed E-state index contributed by atoms with van der Waals surface area (Å²) in [6.45, 7) is 8.75. The SMILES string of the molecule is CCCCCCCCOC(=O)CCCCCCCCN(CCO)CCCCCCCCC(=O)OCCCCCCCC. The molecule has 0 amide bonds. The third kappa shape index (κ3) is 31.8. The van der Waals surface area contributed by atoms with Crippen molar-refractivity contribution in [2.75, 3.05) is 39.5 Å². The molecule has 6 nitrogen and oxygen atoms in total. The molecule has 0 aromatic rings. The molecule has 0 aliphatic heterocycles. The summed E-state index contributed by atoms with van der Waals surface area (Å²) in [4.78, 5) is 26.1. The van der Waals surface area contributed by atoms with Gasteiger partial charge in [-0.15, -0.1) is 0 Å². The maximum Gasteiger partial charge on any atom is 0.305 e. The van der Waals surface area contributed by atoms with E-state index in [9.17, 15) is 14.7 Å². The van der Waals surface area contributed by atoms with Crippen LogP contribution < -0.4 is 0 Å². The highest BCUT2D eigenvalue weighted by Crippen LogP contribution is 2.12. The first-order valence-corrected chi connectivity index (χ1v) is 18.3. The molecule has 6 heteroatoms. The maximum absolute atomic E-state index is 11.9. The molecule has 0 aliphatic rings. The third-order valence-electron chi connectivity index (χ3n) is 8.15. The van der Waals surface area contributed by atoms with Crippen LogP contribution in [0.1, 0.15) is 181 Å². The Kier molecular flexibility index (Phi) is 33.4. The smallest absolute Gasteiger partial charge is 0.305 e. The molecule has 42 heavy (non-hydrogen) atoms. The predicted octanol–water partition coefficient (Wildman–Crippen LogP) is 9.55. The molecule has 0 bridgehead atoms. The van der Waals surface area contributed by atoms with E-state index in [1.807, 2.05) is 0 Å². The largest absolute Gasteiger partial charge is 0.466 e. The summed E-state index contributed by atoms with van der Waals surface area (Å²) in [5.41, 5.74) is 0. The highest BCUT2D eigenvalue weighted by Gasteiger charge is 2.06. The van der Waals surface area contributed by atoms with Crippen molar-refractivity contribution in [2.45, 2.75) is 181 Å². The minimum absolute atomic E-state index is 0.0259. The first-order valence-electron chi connectivity index (χ1n) is 18.3. The van der Waals surface area contributed by atoms with E-state index in [0.29, 0.717) is 26.1 Å². The second-order valence-electron chi connectivity index (χ2n) is 12.3. The summed E-state index contributed by atoms with van der Waals surface area (Å²) in [6.07, 6.45) is 29.4. The Morgan fingerprint density at radius 3 is 1.17 bits per heavy atom. The van der Waals surface area contributed by atoms with Gasteiger partial charge in [-0.2, -0.15) is 0 Å². The van der Waals surface area contributed by atoms with E-state index in [0.717, 1.165) is 58.2 Å². The quantitative estimate of drug-likeness (QED) is 0.0588. The van der Waals surface area contributed by atoms with Crippen LogP contribution in [0.2, 0.25) is 0 Å². The van der Waals surface area contributed by atoms with Crippen molar-refractivity contribution >= 4 is 11.9 Å². The first-order chi connectivity index (χ1) is 20.6. The Balaban J connectivity index is 3.52. The van der Waals surface area contributed by atoms with Gasteiger partial charge in [0.15, 0.2) is 0 Å². The van der Waals surface area contributed by atoms with Gasteiger partial charge in [0, 0.05) is 19.4 Å². The number of carbonyl (C=O) groups is 2. The van der Waals surface area contributed by atoms with Gasteiger partial charge in [0.2, 0.25) is 0 Å². The van der Waals surface area contributed by atoms with Gasteiger partial charge < -0.3 is 19.5 Å². The third-order valence-corrected chi connectivity index (χ3v) is 8.15. The van der Waals surface area contributed by atoms with Crippen molar-refractivity contribution in [1.29, 1.82) is 0 Å². The second kappa shape index (κ2) is 34.4. The number of esters is 2. The molecule has 0 saturated heterocycles. The van der Waals surface area contributed by atoms with Crippen molar-refractivity contribution in [1.82, 2.24) is 4.90 Å². The molecular weight excluding hydrogens is 526 g/mol. The number of rotatable bonds is 34. The molecule has 0 rings (SSSR count). The van der Waals surface area contributed by atoms with E-state index in [1.165, 1.54) is 116 Å². The molecule has 0 aromatic carbocycles. The van der Waals surface area contributed by atoms with Gasteiger partial charge in [0.1, 0.15) is 0 Å². The number of hydrogen-bond donors (Lipinski definition) is 1. The lowest BCUT2D eigenvalue weighted by molar-refractivity contribution is -0.144. The van der Waals surface area contributed by atoms with E-state index in [1.54, 1.807) is 0 Å². The van der Waals surface area contributed by atoms with Gasteiger partial charge in [-0.05, 0) is 51.6 Å². The Bertz CT molecular complexity index is 525. The normalized spacial score (nSPS) is 11.3. The van der Waals surface area contributed by atoms with Gasteiger partial charge in [0.25, 0.3) is 0 Å². The second-order valence-corrected chi connectivity index (χ2v) is 12.3. The van der Waals surface area contributed by atoms with Crippen LogP contribution in [-0.2, 0) is 19.1 Å². The lowest BCUT2D eigenvalue weighted by Gasteiger charge is -2.21. The fourth-order valence-corrected chi connectivity index (χ4v) is 5.38. The minimum atomic E-state index is -0.0259. The van der Waals surface area contributed by atoms with E-state index < -0.39 is 0 Å². The summed E-state index contributed by atoms with van der Waals surface area (Å²) >= 11 is 0. The monoisotopic (exact) mass is 598 g/mol. The lowest BCUT2D eigenvalue weighted by atomic mass is 10.1. The van der Waals surface area contributed by atoms with Crippen molar-refractivity contribution < 1.29 is 24.2 Å². The summed E-state index contributed by atoms with van der Waals surface area (Å²) < 4.78 is 10.7. The number of aliphatic hydroxyl groups excluding tert-OH is 1. The molecule has 250 valence electrons. The average molecular weight is 598 g/mol. The van der Waals surface area contributed by atoms with Gasteiger partial charge >= 0.3 is 11.9 Å². The molecule has 0 aromatic heterocycles. The van der Waals surface area contributed by atoms with Crippen LogP contribution in [0.25, 0.3) is 0 Å². The molecule has 0 saturated carbocycles. The van der Waals surface area contributed by atoms with E-state index in [-0.39, 0.29) is 18.5 Å². The van der Waals surface area contributed by atoms with Crippen molar-refractivity contribution in [3.05, 3.63) is 0 Å². The predicted molar refractivity (Wildman–Crippen MR) is 177 cm³/mol. The summed E-state index contributed by atoms with van der Waals surface area (Å²) in [5.74, 6) is -0.0519. The average Bonchev–Trinajstić information content (AvgIpc) is 2.98. The van der Waals surface area contributed by atoms with Crippen molar-refractivity contribution in [3.63, 3.8) is 0 Å². The van der Waals surface area contributed by atoms with Crippen LogP contribution >= 0.6 is 0 Å². The van der Waals surface area contributed by atoms with Crippen LogP contribution in [0.15, 0.2) is 0 Å². The Morgan fingerprint density at radius 2 is 0.786 bits per heavy atom. The molecular formula is C36H71NO5. The molecule has 0 radical (unpaired) electrons. The lowest BCUT2D eigenvalue weighted by Crippen LogP contribution is -2.29. The minimum Gasteiger partial charge on any atom is -0.466 e. The number of nitrogens with zero attached hydrogens (tertiary/aromatic N) is 1. The fraction of sp³-hybridized carbons (Fsp3) is 0.944. The number of hydrogen-bond acceptors (Lipinski definition) is 6. The van der Waals surface area contributed by atoms with Crippen LogP contribution in [0.5, 0.6) is 0 Å². The van der Waals surface area contributed by atoms with Gasteiger partial charge in [-0.3, -0.25) is 9.59 Å². The molecule has 0 heterocycles. The standard InChI is InChI=1S/C36H71NO5/c1-3-5-7-9-19-25-33-41-35(39)27-21-15-11-13-17-23-29-37(31-32-38)30-24-18-14-12-16-22-28-36(40)42-34-26-20-10-8-6-4-2/h38H,3-34H2,1-2H3. The zero-order chi connectivity index (χ0) is 30.8. The zero-order valence-electron chi connectivity index (χ0n) is 28.2. The molecule has 0 spiro atoms. The number of aliphatic hydroxyl groups is 1. The molecule has 0 atom stereocenters. The Hall–Kier alpha value is -1.14. The van der Waals surface area contributed by atoms with E-state index in [4.69, 9.17) is 9.47 Å². The Morgan fingerprint density at radius 1 is 0.452 bits per heavy atom. The highest BCUT2D eigenvalue weighted by molar-refractivity contribution is 5.69. The van der Waals surface area contributed by atoms with Gasteiger partial charge in [-0.25, -0.2) is 0 Å². The van der Waals surface area contributed by atoms with Crippen LogP contribution in [0.4, 0.5) is 0 Å². The van der Waals surface area contributed by atoms with Crippen LogP contribution in [0, 0.1) is 0 Å². The number of carbonyl (C=O) groups excluding carboxylic acids is 2. The summed E-state index contributed by atoms with van der Waals surface area (Å²) in [7, 11) is 0. The van der Waals surface area contributed by atoms with E-state index >= 15 is 0 Å². The maximum atomic E-state index is 11.9. The van der Waals surface area contributed by atoms with Crippen molar-refractivity contribution in [3.8, 4) is 0 Å². The molecule has 1 N–H and O–H groups in total. The fourth-order valence-electron chi connectivity index (χ4n) is 5.38. The first kappa shape index (κ1) is 40.9. The van der Waals surface area contributed by atoms with Gasteiger partial charge in [0.05, 0.1) is 19.8 Å². The van der Waals surface area contributed by atoms with Crippen LogP contribution in [-0.4, -0.2) is 61.4 Å². The van der Waals surface area contributed by atoms with Crippen molar-refractivity contribution in [2.24, 2.45) is 0 Å². The van der Waals surface area contributed by atoms with Gasteiger partial charge in [-0.1, -0.05) is 129 Å². The highest BCUT2D eigenvalue weighted by atomic mass is 16.5. The topological polar surface area (TPSA) is 76.1 Å². The zero-order valence-corrected chi connectivity index (χ0v) is 28.2.